The highest BCUT2D eigenvalue weighted by atomic mass is 32.1. The molecular weight excluding hydrogens is 851 g/mol. The fourth-order valence-corrected chi connectivity index (χ4v) is 9.83. The summed E-state index contributed by atoms with van der Waals surface area (Å²) in [7, 11) is 1.60. The van der Waals surface area contributed by atoms with Crippen LogP contribution in [0.2, 0.25) is 0 Å². The summed E-state index contributed by atoms with van der Waals surface area (Å²) in [5, 5.41) is 7.12. The standard InChI is InChI=1S/C53H61N5O7S/c1-6-16-62-18-19-63-17-15-56(33-53(3,4)66)39-22-35(31-64-48-27-44-42(20-34(48)2)51(59)57-40(29-54-44)24-37-11-7-9-13-46(37)57)21-36(23-39)32-65-50-28-45-43(26-49(50)61-5)52(60)58-41(30-55-45)25-38-12-8-10-14-47(38)58/h7-14,20-23,26-28,40-41,54-55,66H,6,15-19,24-25,29-33H2,1-5H3/t40-,41-/m0/s1. The minimum Gasteiger partial charge on any atom is -0.493 e. The molecule has 0 aliphatic carbocycles. The maximum atomic E-state index is 14.1. The van der Waals surface area contributed by atoms with Crippen molar-refractivity contribution in [2.45, 2.75) is 77.0 Å². The molecule has 2 atom stereocenters. The number of carbonyl (C=O) groups excluding carboxylic acids is 2. The number of anilines is 5. The van der Waals surface area contributed by atoms with Gasteiger partial charge in [-0.1, -0.05) is 43.3 Å². The van der Waals surface area contributed by atoms with Crippen molar-refractivity contribution in [1.82, 2.24) is 0 Å². The Kier molecular flexibility index (Phi) is 13.4. The van der Waals surface area contributed by atoms with Crippen molar-refractivity contribution >= 4 is 52.9 Å². The van der Waals surface area contributed by atoms with Crippen LogP contribution >= 0.6 is 12.6 Å². The quantitative estimate of drug-likeness (QED) is 0.0582. The van der Waals surface area contributed by atoms with E-state index in [-0.39, 0.29) is 41.9 Å². The van der Waals surface area contributed by atoms with Gasteiger partial charge in [-0.05, 0) is 110 Å². The molecule has 4 aliphatic heterocycles. The number of fused-ring (bicyclic) bond motifs is 8. The van der Waals surface area contributed by atoms with Crippen LogP contribution < -0.4 is 39.5 Å². The van der Waals surface area contributed by atoms with Crippen LogP contribution in [-0.4, -0.2) is 88.4 Å². The van der Waals surface area contributed by atoms with Gasteiger partial charge in [0.1, 0.15) is 19.0 Å². The normalized spacial score (nSPS) is 17.0. The fraction of sp³-hybridized carbons (Fsp3) is 0.396. The Hall–Kier alpha value is -5.89. The third kappa shape index (κ3) is 9.65. The summed E-state index contributed by atoms with van der Waals surface area (Å²) in [4.78, 5) is 34.4. The Morgan fingerprint density at radius 3 is 1.82 bits per heavy atom. The highest BCUT2D eigenvalue weighted by Gasteiger charge is 2.39. The Morgan fingerprint density at radius 2 is 1.24 bits per heavy atom. The van der Waals surface area contributed by atoms with Crippen molar-refractivity contribution in [2.24, 2.45) is 0 Å². The molecule has 66 heavy (non-hydrogen) atoms. The number of rotatable bonds is 18. The molecule has 5 aromatic carbocycles. The molecule has 0 fully saturated rings. The first-order valence-electron chi connectivity index (χ1n) is 23.2. The van der Waals surface area contributed by atoms with Crippen LogP contribution in [0, 0.1) is 6.92 Å². The summed E-state index contributed by atoms with van der Waals surface area (Å²) >= 11 is 4.95. The summed E-state index contributed by atoms with van der Waals surface area (Å²) in [5.41, 5.74) is 10.7. The summed E-state index contributed by atoms with van der Waals surface area (Å²) < 4.78 is 30.5. The number of nitrogens with zero attached hydrogens (tertiary/aromatic N) is 3. The van der Waals surface area contributed by atoms with Crippen molar-refractivity contribution < 1.29 is 33.3 Å². The zero-order valence-corrected chi connectivity index (χ0v) is 39.5. The van der Waals surface area contributed by atoms with Gasteiger partial charge < -0.3 is 49.0 Å². The number of nitrogens with one attached hydrogen (secondary N) is 2. The van der Waals surface area contributed by atoms with Gasteiger partial charge in [-0.15, -0.1) is 0 Å². The van der Waals surface area contributed by atoms with Crippen molar-refractivity contribution in [3.8, 4) is 17.2 Å². The highest BCUT2D eigenvalue weighted by molar-refractivity contribution is 7.81. The van der Waals surface area contributed by atoms with Crippen LogP contribution in [0.15, 0.2) is 91.0 Å². The second-order valence-corrected chi connectivity index (χ2v) is 19.6. The van der Waals surface area contributed by atoms with Crippen molar-refractivity contribution in [3.05, 3.63) is 130 Å². The average Bonchev–Trinajstić information content (AvgIpc) is 3.80. The first kappa shape index (κ1) is 45.3. The predicted molar refractivity (Wildman–Crippen MR) is 265 cm³/mol. The number of ether oxygens (including phenoxy) is 5. The van der Waals surface area contributed by atoms with Gasteiger partial charge in [0.05, 0.1) is 61.5 Å². The van der Waals surface area contributed by atoms with Crippen LogP contribution in [0.25, 0.3) is 0 Å². The second-order valence-electron chi connectivity index (χ2n) is 18.3. The zero-order valence-electron chi connectivity index (χ0n) is 38.7. The van der Waals surface area contributed by atoms with Gasteiger partial charge in [-0.3, -0.25) is 9.59 Å². The van der Waals surface area contributed by atoms with E-state index in [1.54, 1.807) is 13.2 Å². The monoisotopic (exact) mass is 911 g/mol. The molecule has 4 heterocycles. The lowest BCUT2D eigenvalue weighted by Gasteiger charge is -2.32. The second kappa shape index (κ2) is 19.5. The molecule has 0 saturated carbocycles. The Bertz CT molecular complexity index is 2600. The van der Waals surface area contributed by atoms with E-state index >= 15 is 0 Å². The van der Waals surface area contributed by atoms with Gasteiger partial charge in [-0.25, -0.2) is 0 Å². The van der Waals surface area contributed by atoms with Gasteiger partial charge in [0.25, 0.3) is 11.8 Å². The third-order valence-electron chi connectivity index (χ3n) is 12.7. The highest BCUT2D eigenvalue weighted by Crippen LogP contribution is 2.42. The van der Waals surface area contributed by atoms with Gasteiger partial charge in [0.15, 0.2) is 11.5 Å². The minimum absolute atomic E-state index is 0.00113. The van der Waals surface area contributed by atoms with Gasteiger partial charge in [-0.2, -0.15) is 12.6 Å². The molecule has 0 bridgehead atoms. The molecule has 346 valence electrons. The van der Waals surface area contributed by atoms with E-state index in [2.05, 4.69) is 66.6 Å². The maximum absolute atomic E-state index is 14.1. The van der Waals surface area contributed by atoms with E-state index in [0.717, 1.165) is 65.3 Å². The fourth-order valence-electron chi connectivity index (χ4n) is 9.66. The van der Waals surface area contributed by atoms with Gasteiger partial charge in [0.2, 0.25) is 0 Å². The molecule has 0 aromatic heterocycles. The molecule has 2 amide bonds. The SMILES string of the molecule is CCCOCCOCCN(CC(C)(C)S)c1cc(COc2cc3c(cc2C)C(=O)N2c4ccccc4C[C@H]2CN3)cc(COc2cc3c(cc2OC)C(=O)N2c4ccccc4C[C@H]2CN3)c1. The number of hydrogen-bond acceptors (Lipinski definition) is 11. The third-order valence-corrected chi connectivity index (χ3v) is 12.9. The number of carbonyl (C=O) groups is 2. The van der Waals surface area contributed by atoms with E-state index in [4.69, 9.17) is 36.3 Å². The molecule has 2 N–H and O–H groups in total. The summed E-state index contributed by atoms with van der Waals surface area (Å²) in [5.74, 6) is 1.65. The molecule has 12 nitrogen and oxygen atoms in total. The number of hydrogen-bond donors (Lipinski definition) is 3. The Balaban J connectivity index is 0.978. The van der Waals surface area contributed by atoms with Gasteiger partial charge in [0, 0.05) is 66.7 Å². The van der Waals surface area contributed by atoms with E-state index in [9.17, 15) is 9.59 Å². The Labute approximate surface area is 393 Å². The molecule has 0 spiro atoms. The number of aryl methyl sites for hydroxylation is 1. The van der Waals surface area contributed by atoms with Crippen molar-refractivity contribution in [1.29, 1.82) is 0 Å². The largest absolute Gasteiger partial charge is 0.493 e. The summed E-state index contributed by atoms with van der Waals surface area (Å²) in [6.07, 6.45) is 2.58. The zero-order chi connectivity index (χ0) is 46.0. The van der Waals surface area contributed by atoms with Crippen LogP contribution in [0.4, 0.5) is 28.4 Å². The predicted octanol–water partition coefficient (Wildman–Crippen LogP) is 9.11. The summed E-state index contributed by atoms with van der Waals surface area (Å²) in [6.45, 7) is 13.6. The van der Waals surface area contributed by atoms with E-state index in [0.29, 0.717) is 80.1 Å². The van der Waals surface area contributed by atoms with Crippen LogP contribution in [0.3, 0.4) is 0 Å². The summed E-state index contributed by atoms with van der Waals surface area (Å²) in [6, 6.07) is 30.3. The van der Waals surface area contributed by atoms with Gasteiger partial charge >= 0.3 is 0 Å². The molecular formula is C53H61N5O7S. The topological polar surface area (TPSA) is 114 Å². The van der Waals surface area contributed by atoms with Crippen LogP contribution in [0.1, 0.15) is 75.7 Å². The minimum atomic E-state index is -0.315. The molecule has 0 unspecified atom stereocenters. The first-order chi connectivity index (χ1) is 32.0. The maximum Gasteiger partial charge on any atom is 0.260 e. The van der Waals surface area contributed by atoms with Crippen LogP contribution in [0.5, 0.6) is 17.2 Å². The molecule has 5 aromatic rings. The molecule has 13 heteroatoms. The van der Waals surface area contributed by atoms with Crippen molar-refractivity contribution in [2.75, 3.05) is 85.0 Å². The number of benzene rings is 5. The van der Waals surface area contributed by atoms with E-state index in [1.165, 1.54) is 11.1 Å². The number of thiol groups is 1. The smallest absolute Gasteiger partial charge is 0.260 e. The number of para-hydroxylation sites is 2. The molecule has 0 saturated heterocycles. The number of methoxy groups -OCH3 is 1. The van der Waals surface area contributed by atoms with Crippen LogP contribution in [-0.2, 0) is 35.5 Å². The Morgan fingerprint density at radius 1 is 0.697 bits per heavy atom. The van der Waals surface area contributed by atoms with E-state index in [1.807, 2.05) is 71.3 Å². The van der Waals surface area contributed by atoms with Crippen molar-refractivity contribution in [3.63, 3.8) is 0 Å². The lowest BCUT2D eigenvalue weighted by molar-refractivity contribution is 0.0505. The lowest BCUT2D eigenvalue weighted by atomic mass is 10.1. The number of amides is 2. The first-order valence-corrected chi connectivity index (χ1v) is 23.6. The molecule has 4 aliphatic rings. The van der Waals surface area contributed by atoms with E-state index < -0.39 is 0 Å². The molecule has 0 radical (unpaired) electrons. The average molecular weight is 912 g/mol. The lowest BCUT2D eigenvalue weighted by Crippen LogP contribution is -2.39. The molecule has 9 rings (SSSR count).